The average Bonchev–Trinajstić information content (AvgIpc) is 2.48. The third-order valence-corrected chi connectivity index (χ3v) is 3.44. The largest absolute Gasteiger partial charge is 0.478 e. The first-order chi connectivity index (χ1) is 9.91. The van der Waals surface area contributed by atoms with Crippen molar-refractivity contribution in [2.45, 2.75) is 20.8 Å². The summed E-state index contributed by atoms with van der Waals surface area (Å²) in [6.45, 7) is 4.85. The fraction of sp³-hybridized carbons (Fsp3) is 0.188. The first-order valence-corrected chi connectivity index (χ1v) is 6.48. The Labute approximate surface area is 122 Å². The highest BCUT2D eigenvalue weighted by atomic mass is 16.4. The zero-order valence-electron chi connectivity index (χ0n) is 12.1. The molecule has 0 bridgehead atoms. The van der Waals surface area contributed by atoms with Gasteiger partial charge in [-0.05, 0) is 44.5 Å². The number of carbonyl (C=O) groups excluding carboxylic acids is 1. The third kappa shape index (κ3) is 2.91. The molecule has 1 amide bonds. The molecule has 108 valence electrons. The summed E-state index contributed by atoms with van der Waals surface area (Å²) < 4.78 is 0. The fourth-order valence-electron chi connectivity index (χ4n) is 1.97. The predicted molar refractivity (Wildman–Crippen MR) is 81.1 cm³/mol. The van der Waals surface area contributed by atoms with Crippen molar-refractivity contribution < 1.29 is 14.7 Å². The summed E-state index contributed by atoms with van der Waals surface area (Å²) in [7, 11) is 0. The first-order valence-electron chi connectivity index (χ1n) is 6.48. The summed E-state index contributed by atoms with van der Waals surface area (Å²) in [6, 6.07) is 7.32. The molecule has 0 atom stereocenters. The number of fused-ring (bicyclic) bond motifs is 1. The lowest BCUT2D eigenvalue weighted by molar-refractivity contribution is -0.133. The number of pyridine rings is 1. The van der Waals surface area contributed by atoms with E-state index < -0.39 is 11.9 Å². The average molecular weight is 284 g/mol. The minimum Gasteiger partial charge on any atom is -0.478 e. The smallest absolute Gasteiger partial charge is 0.331 e. The van der Waals surface area contributed by atoms with E-state index in [1.807, 2.05) is 19.1 Å². The maximum absolute atomic E-state index is 12.1. The Morgan fingerprint density at radius 1 is 1.14 bits per heavy atom. The summed E-state index contributed by atoms with van der Waals surface area (Å²) in [5.41, 5.74) is 2.65. The van der Waals surface area contributed by atoms with Crippen LogP contribution in [0.3, 0.4) is 0 Å². The molecule has 1 aromatic heterocycles. The molecule has 0 radical (unpaired) electrons. The molecular formula is C16H16N2O3. The molecule has 0 fully saturated rings. The number of nitrogens with zero attached hydrogens (tertiary/aromatic N) is 1. The van der Waals surface area contributed by atoms with Gasteiger partial charge in [0, 0.05) is 22.7 Å². The maximum atomic E-state index is 12.1. The van der Waals surface area contributed by atoms with E-state index in [2.05, 4.69) is 10.3 Å². The zero-order chi connectivity index (χ0) is 15.6. The topological polar surface area (TPSA) is 79.3 Å². The van der Waals surface area contributed by atoms with Crippen molar-refractivity contribution in [2.24, 2.45) is 0 Å². The molecule has 0 saturated heterocycles. The number of hydrogen-bond donors (Lipinski definition) is 2. The van der Waals surface area contributed by atoms with E-state index in [0.29, 0.717) is 5.69 Å². The highest BCUT2D eigenvalue weighted by molar-refractivity contribution is 6.11. The van der Waals surface area contributed by atoms with Crippen molar-refractivity contribution in [1.82, 2.24) is 4.98 Å². The van der Waals surface area contributed by atoms with Crippen LogP contribution in [0.25, 0.3) is 10.9 Å². The lowest BCUT2D eigenvalue weighted by atomic mass is 10.1. The molecule has 0 aliphatic carbocycles. The third-order valence-electron chi connectivity index (χ3n) is 3.44. The van der Waals surface area contributed by atoms with Crippen LogP contribution in [0.5, 0.6) is 0 Å². The van der Waals surface area contributed by atoms with Crippen LogP contribution in [-0.4, -0.2) is 22.0 Å². The Balaban J connectivity index is 2.42. The number of rotatable bonds is 3. The second kappa shape index (κ2) is 5.75. The van der Waals surface area contributed by atoms with Crippen molar-refractivity contribution in [2.75, 3.05) is 5.32 Å². The molecule has 21 heavy (non-hydrogen) atoms. The predicted octanol–water partition coefficient (Wildman–Crippen LogP) is 2.90. The van der Waals surface area contributed by atoms with Gasteiger partial charge in [-0.1, -0.05) is 6.07 Å². The summed E-state index contributed by atoms with van der Waals surface area (Å²) in [6.07, 6.45) is 1.70. The number of nitrogens with one attached hydrogen (secondary N) is 1. The van der Waals surface area contributed by atoms with Gasteiger partial charge >= 0.3 is 5.97 Å². The lowest BCUT2D eigenvalue weighted by Crippen LogP contribution is -2.16. The summed E-state index contributed by atoms with van der Waals surface area (Å²) in [4.78, 5) is 27.3. The number of carboxylic acid groups (broad SMARTS) is 1. The van der Waals surface area contributed by atoms with E-state index in [9.17, 15) is 9.59 Å². The normalized spacial score (nSPS) is 12.0. The van der Waals surface area contributed by atoms with Gasteiger partial charge in [0.15, 0.2) is 0 Å². The van der Waals surface area contributed by atoms with E-state index in [0.717, 1.165) is 16.5 Å². The number of aromatic nitrogens is 1. The number of carbonyl (C=O) groups is 2. The Morgan fingerprint density at radius 2 is 1.86 bits per heavy atom. The SMILES string of the molecule is CC(C(=O)O)=C(C)C(=O)Nc1ccc(C)c2ncccc12. The second-order valence-corrected chi connectivity index (χ2v) is 4.84. The summed E-state index contributed by atoms with van der Waals surface area (Å²) in [5.74, 6) is -1.53. The lowest BCUT2D eigenvalue weighted by Gasteiger charge is -2.11. The molecule has 0 saturated carbocycles. The zero-order valence-corrected chi connectivity index (χ0v) is 12.1. The van der Waals surface area contributed by atoms with E-state index in [1.165, 1.54) is 13.8 Å². The van der Waals surface area contributed by atoms with Crippen molar-refractivity contribution >= 4 is 28.5 Å². The Bertz CT molecular complexity index is 763. The van der Waals surface area contributed by atoms with Crippen molar-refractivity contribution in [3.05, 3.63) is 47.2 Å². The molecule has 2 rings (SSSR count). The van der Waals surface area contributed by atoms with Crippen LogP contribution in [0.1, 0.15) is 19.4 Å². The molecule has 2 aromatic rings. The highest BCUT2D eigenvalue weighted by Gasteiger charge is 2.14. The molecular weight excluding hydrogens is 268 g/mol. The van der Waals surface area contributed by atoms with Gasteiger partial charge in [0.2, 0.25) is 0 Å². The van der Waals surface area contributed by atoms with Crippen LogP contribution < -0.4 is 5.32 Å². The molecule has 0 aliphatic heterocycles. The van der Waals surface area contributed by atoms with Gasteiger partial charge in [-0.15, -0.1) is 0 Å². The van der Waals surface area contributed by atoms with Gasteiger partial charge in [-0.3, -0.25) is 9.78 Å². The fourth-order valence-corrected chi connectivity index (χ4v) is 1.97. The molecule has 1 aromatic carbocycles. The van der Waals surface area contributed by atoms with Crippen LogP contribution >= 0.6 is 0 Å². The molecule has 2 N–H and O–H groups in total. The van der Waals surface area contributed by atoms with Crippen LogP contribution in [-0.2, 0) is 9.59 Å². The molecule has 1 heterocycles. The Kier molecular flexibility index (Phi) is 4.03. The van der Waals surface area contributed by atoms with Gasteiger partial charge in [-0.2, -0.15) is 0 Å². The second-order valence-electron chi connectivity index (χ2n) is 4.84. The number of anilines is 1. The number of amides is 1. The Hall–Kier alpha value is -2.69. The summed E-state index contributed by atoms with van der Waals surface area (Å²) >= 11 is 0. The molecule has 5 nitrogen and oxygen atoms in total. The molecule has 5 heteroatoms. The maximum Gasteiger partial charge on any atom is 0.331 e. The van der Waals surface area contributed by atoms with Crippen LogP contribution in [0.4, 0.5) is 5.69 Å². The quantitative estimate of drug-likeness (QED) is 0.849. The van der Waals surface area contributed by atoms with Crippen molar-refractivity contribution in [3.63, 3.8) is 0 Å². The van der Waals surface area contributed by atoms with Gasteiger partial charge in [0.1, 0.15) is 0 Å². The standard InChI is InChI=1S/C16H16N2O3/c1-9-6-7-13(12-5-4-8-17-14(9)12)18-15(19)10(2)11(3)16(20)21/h4-8H,1-3H3,(H,18,19)(H,20,21). The Morgan fingerprint density at radius 3 is 2.52 bits per heavy atom. The molecule has 0 aliphatic rings. The highest BCUT2D eigenvalue weighted by Crippen LogP contribution is 2.25. The van der Waals surface area contributed by atoms with Crippen molar-refractivity contribution in [1.29, 1.82) is 0 Å². The van der Waals surface area contributed by atoms with Gasteiger partial charge < -0.3 is 10.4 Å². The van der Waals surface area contributed by atoms with E-state index in [1.54, 1.807) is 18.3 Å². The number of hydrogen-bond acceptors (Lipinski definition) is 3. The summed E-state index contributed by atoms with van der Waals surface area (Å²) in [5, 5.41) is 12.5. The number of carboxylic acids is 1. The van der Waals surface area contributed by atoms with Crippen LogP contribution in [0.2, 0.25) is 0 Å². The van der Waals surface area contributed by atoms with Crippen molar-refractivity contribution in [3.8, 4) is 0 Å². The van der Waals surface area contributed by atoms with E-state index >= 15 is 0 Å². The van der Waals surface area contributed by atoms with E-state index in [4.69, 9.17) is 5.11 Å². The molecule has 0 unspecified atom stereocenters. The monoisotopic (exact) mass is 284 g/mol. The molecule has 0 spiro atoms. The number of aliphatic carboxylic acids is 1. The van der Waals surface area contributed by atoms with Gasteiger partial charge in [0.25, 0.3) is 5.91 Å². The number of benzene rings is 1. The first kappa shape index (κ1) is 14.7. The minimum absolute atomic E-state index is 0.0297. The van der Waals surface area contributed by atoms with Gasteiger partial charge in [0.05, 0.1) is 11.2 Å². The minimum atomic E-state index is -1.10. The van der Waals surface area contributed by atoms with Crippen LogP contribution in [0, 0.1) is 6.92 Å². The van der Waals surface area contributed by atoms with Crippen LogP contribution in [0.15, 0.2) is 41.6 Å². The van der Waals surface area contributed by atoms with Gasteiger partial charge in [-0.25, -0.2) is 4.79 Å². The van der Waals surface area contributed by atoms with E-state index in [-0.39, 0.29) is 11.1 Å². The number of aryl methyl sites for hydroxylation is 1.